The maximum atomic E-state index is 13.2. The average molecular weight is 414 g/mol. The van der Waals surface area contributed by atoms with Crippen molar-refractivity contribution in [2.24, 2.45) is 0 Å². The van der Waals surface area contributed by atoms with Gasteiger partial charge in [-0.25, -0.2) is 0 Å². The molecule has 2 aromatic heterocycles. The van der Waals surface area contributed by atoms with Crippen LogP contribution in [0.4, 0.5) is 18.9 Å². The number of furan rings is 1. The van der Waals surface area contributed by atoms with E-state index >= 15 is 0 Å². The van der Waals surface area contributed by atoms with Gasteiger partial charge in [0.15, 0.2) is 0 Å². The second kappa shape index (κ2) is 7.18. The molecule has 9 heteroatoms. The number of rotatable bonds is 3. The number of aliphatic hydroxyl groups excluding tert-OH is 1. The number of carbonyl (C=O) groups is 2. The van der Waals surface area contributed by atoms with E-state index in [4.69, 9.17) is 4.42 Å². The first kappa shape index (κ1) is 19.4. The van der Waals surface area contributed by atoms with Crippen LogP contribution in [0.2, 0.25) is 0 Å². The quantitative estimate of drug-likeness (QED) is 0.392. The van der Waals surface area contributed by atoms with Crippen molar-refractivity contribution in [3.8, 4) is 0 Å². The van der Waals surface area contributed by atoms with E-state index in [-0.39, 0.29) is 22.6 Å². The number of amides is 1. The van der Waals surface area contributed by atoms with Crippen molar-refractivity contribution < 1.29 is 32.3 Å². The number of halogens is 3. The van der Waals surface area contributed by atoms with Crippen molar-refractivity contribution in [2.45, 2.75) is 12.2 Å². The maximum absolute atomic E-state index is 13.2. The SMILES string of the molecule is O=C1C(=O)N(c2cccc(C(F)(F)F)c2)C(c2ccco2)/C1=C(/O)c1ccncc1. The highest BCUT2D eigenvalue weighted by Crippen LogP contribution is 2.43. The topological polar surface area (TPSA) is 83.6 Å². The van der Waals surface area contributed by atoms with E-state index < -0.39 is 35.2 Å². The Morgan fingerprint density at radius 2 is 1.80 bits per heavy atom. The molecule has 0 bridgehead atoms. The number of hydrogen-bond donors (Lipinski definition) is 1. The number of aliphatic hydroxyl groups is 1. The van der Waals surface area contributed by atoms with E-state index in [1.54, 1.807) is 0 Å². The molecule has 1 fully saturated rings. The highest BCUT2D eigenvalue weighted by atomic mass is 19.4. The minimum atomic E-state index is -4.64. The van der Waals surface area contributed by atoms with Crippen LogP contribution < -0.4 is 4.90 Å². The Bertz CT molecular complexity index is 1140. The fourth-order valence-electron chi connectivity index (χ4n) is 3.31. The molecule has 1 saturated heterocycles. The molecule has 1 aliphatic heterocycles. The molecule has 0 aliphatic carbocycles. The molecular weight excluding hydrogens is 401 g/mol. The number of pyridine rings is 1. The first-order valence-electron chi connectivity index (χ1n) is 8.71. The van der Waals surface area contributed by atoms with Crippen LogP contribution in [0.25, 0.3) is 5.76 Å². The highest BCUT2D eigenvalue weighted by Gasteiger charge is 2.48. The van der Waals surface area contributed by atoms with Gasteiger partial charge in [0.25, 0.3) is 11.7 Å². The third-order valence-corrected chi connectivity index (χ3v) is 4.66. The molecule has 30 heavy (non-hydrogen) atoms. The molecule has 0 spiro atoms. The summed E-state index contributed by atoms with van der Waals surface area (Å²) in [5, 5.41) is 10.8. The summed E-state index contributed by atoms with van der Waals surface area (Å²) in [6.45, 7) is 0. The molecule has 3 aromatic rings. The molecule has 1 unspecified atom stereocenters. The predicted molar refractivity (Wildman–Crippen MR) is 99.2 cm³/mol. The van der Waals surface area contributed by atoms with Gasteiger partial charge in [-0.15, -0.1) is 0 Å². The lowest BCUT2D eigenvalue weighted by Gasteiger charge is -2.24. The van der Waals surface area contributed by atoms with Crippen LogP contribution in [-0.4, -0.2) is 21.8 Å². The first-order valence-corrected chi connectivity index (χ1v) is 8.71. The highest BCUT2D eigenvalue weighted by molar-refractivity contribution is 6.51. The Hall–Kier alpha value is -3.88. The smallest absolute Gasteiger partial charge is 0.416 e. The van der Waals surface area contributed by atoms with E-state index in [9.17, 15) is 27.9 Å². The number of alkyl halides is 3. The van der Waals surface area contributed by atoms with Gasteiger partial charge < -0.3 is 9.52 Å². The van der Waals surface area contributed by atoms with Crippen LogP contribution >= 0.6 is 0 Å². The van der Waals surface area contributed by atoms with Gasteiger partial charge in [0.05, 0.1) is 17.4 Å². The average Bonchev–Trinajstić information content (AvgIpc) is 3.35. The van der Waals surface area contributed by atoms with E-state index in [0.717, 1.165) is 23.1 Å². The van der Waals surface area contributed by atoms with Crippen LogP contribution in [0.1, 0.15) is 22.9 Å². The van der Waals surface area contributed by atoms with E-state index in [1.165, 1.54) is 49.0 Å². The van der Waals surface area contributed by atoms with Gasteiger partial charge in [0.1, 0.15) is 17.6 Å². The number of ketones is 1. The molecule has 1 N–H and O–H groups in total. The molecule has 6 nitrogen and oxygen atoms in total. The predicted octanol–water partition coefficient (Wildman–Crippen LogP) is 4.32. The molecule has 0 radical (unpaired) electrons. The summed E-state index contributed by atoms with van der Waals surface area (Å²) in [6.07, 6.45) is -0.561. The Morgan fingerprint density at radius 3 is 2.43 bits per heavy atom. The molecule has 1 amide bonds. The van der Waals surface area contributed by atoms with Crippen molar-refractivity contribution in [2.75, 3.05) is 4.90 Å². The van der Waals surface area contributed by atoms with Crippen LogP contribution in [0, 0.1) is 0 Å². The first-order chi connectivity index (χ1) is 14.3. The molecule has 1 atom stereocenters. The monoisotopic (exact) mass is 414 g/mol. The number of benzene rings is 1. The summed E-state index contributed by atoms with van der Waals surface area (Å²) in [4.78, 5) is 30.3. The van der Waals surface area contributed by atoms with Gasteiger partial charge in [0, 0.05) is 23.6 Å². The van der Waals surface area contributed by atoms with Gasteiger partial charge in [-0.1, -0.05) is 6.07 Å². The minimum Gasteiger partial charge on any atom is -0.507 e. The van der Waals surface area contributed by atoms with Gasteiger partial charge in [-0.3, -0.25) is 19.5 Å². The summed E-state index contributed by atoms with van der Waals surface area (Å²) in [5.74, 6) is -2.48. The van der Waals surface area contributed by atoms with Crippen molar-refractivity contribution >= 4 is 23.1 Å². The zero-order chi connectivity index (χ0) is 21.5. The minimum absolute atomic E-state index is 0.113. The Kier molecular flexibility index (Phi) is 4.65. The van der Waals surface area contributed by atoms with Gasteiger partial charge in [-0.2, -0.15) is 13.2 Å². The standard InChI is InChI=1S/C21H13F3N2O4/c22-21(23,24)13-3-1-4-14(11-13)26-17(15-5-2-10-30-15)16(19(28)20(26)29)18(27)12-6-8-25-9-7-12/h1-11,17,27H/b18-16-. The van der Waals surface area contributed by atoms with Crippen LogP contribution in [0.3, 0.4) is 0 Å². The van der Waals surface area contributed by atoms with E-state index in [2.05, 4.69) is 4.98 Å². The summed E-state index contributed by atoms with van der Waals surface area (Å²) in [6, 6.07) is 8.66. The van der Waals surface area contributed by atoms with Crippen molar-refractivity contribution in [1.82, 2.24) is 4.98 Å². The maximum Gasteiger partial charge on any atom is 0.416 e. The zero-order valence-electron chi connectivity index (χ0n) is 15.1. The lowest BCUT2D eigenvalue weighted by Crippen LogP contribution is -2.29. The lowest BCUT2D eigenvalue weighted by atomic mass is 9.99. The fourth-order valence-corrected chi connectivity index (χ4v) is 3.31. The third kappa shape index (κ3) is 3.24. The lowest BCUT2D eigenvalue weighted by molar-refractivity contribution is -0.137. The van der Waals surface area contributed by atoms with Crippen LogP contribution in [-0.2, 0) is 15.8 Å². The second-order valence-corrected chi connectivity index (χ2v) is 6.47. The molecular formula is C21H13F3N2O4. The molecule has 1 aromatic carbocycles. The van der Waals surface area contributed by atoms with Crippen LogP contribution in [0.5, 0.6) is 0 Å². The van der Waals surface area contributed by atoms with Gasteiger partial charge in [0.2, 0.25) is 0 Å². The third-order valence-electron chi connectivity index (χ3n) is 4.66. The number of carbonyl (C=O) groups excluding carboxylic acids is 2. The molecule has 1 aliphatic rings. The normalized spacial score (nSPS) is 18.8. The number of nitrogens with zero attached hydrogens (tertiary/aromatic N) is 2. The van der Waals surface area contributed by atoms with Crippen LogP contribution in [0.15, 0.2) is 77.2 Å². The largest absolute Gasteiger partial charge is 0.507 e. The Balaban J connectivity index is 1.92. The summed E-state index contributed by atoms with van der Waals surface area (Å²) >= 11 is 0. The second-order valence-electron chi connectivity index (χ2n) is 6.47. The molecule has 0 saturated carbocycles. The van der Waals surface area contributed by atoms with E-state index in [0.29, 0.717) is 0 Å². The summed E-state index contributed by atoms with van der Waals surface area (Å²) < 4.78 is 44.9. The van der Waals surface area contributed by atoms with Gasteiger partial charge >= 0.3 is 6.18 Å². The zero-order valence-corrected chi connectivity index (χ0v) is 15.1. The number of aromatic nitrogens is 1. The molecule has 152 valence electrons. The number of hydrogen-bond acceptors (Lipinski definition) is 5. The Morgan fingerprint density at radius 1 is 1.07 bits per heavy atom. The van der Waals surface area contributed by atoms with Crippen molar-refractivity contribution in [1.29, 1.82) is 0 Å². The summed E-state index contributed by atoms with van der Waals surface area (Å²) in [5.41, 5.74) is -1.20. The summed E-state index contributed by atoms with van der Waals surface area (Å²) in [7, 11) is 0. The molecule has 3 heterocycles. The number of Topliss-reactive ketones (excluding diaryl/α,β-unsaturated/α-hetero) is 1. The van der Waals surface area contributed by atoms with Crippen molar-refractivity contribution in [3.63, 3.8) is 0 Å². The van der Waals surface area contributed by atoms with E-state index in [1.807, 2.05) is 0 Å². The fraction of sp³-hybridized carbons (Fsp3) is 0.0952. The Labute approximate surface area is 167 Å². The van der Waals surface area contributed by atoms with Gasteiger partial charge in [-0.05, 0) is 42.5 Å². The number of anilines is 1. The molecule has 4 rings (SSSR count). The van der Waals surface area contributed by atoms with Crippen molar-refractivity contribution in [3.05, 3.63) is 89.6 Å².